The molecule has 0 bridgehead atoms. The number of amides is 1. The second kappa shape index (κ2) is 6.68. The number of nitrogens with zero attached hydrogens (tertiary/aromatic N) is 2. The molecule has 5 nitrogen and oxygen atoms in total. The molecule has 1 amide bonds. The summed E-state index contributed by atoms with van der Waals surface area (Å²) in [7, 11) is 0. The molecule has 0 saturated heterocycles. The zero-order valence-electron chi connectivity index (χ0n) is 15.1. The topological polar surface area (TPSA) is 62.3 Å². The summed E-state index contributed by atoms with van der Waals surface area (Å²) in [5.41, 5.74) is 4.56. The summed E-state index contributed by atoms with van der Waals surface area (Å²) in [4.78, 5) is 30.9. The van der Waals surface area contributed by atoms with E-state index in [1.807, 2.05) is 43.3 Å². The summed E-state index contributed by atoms with van der Waals surface area (Å²) >= 11 is 0. The fourth-order valence-corrected chi connectivity index (χ4v) is 3.28. The van der Waals surface area contributed by atoms with E-state index in [1.54, 1.807) is 35.4 Å². The first kappa shape index (κ1) is 17.0. The Bertz CT molecular complexity index is 1030. The summed E-state index contributed by atoms with van der Waals surface area (Å²) in [5, 5.41) is 3.38. The number of carbonyl (C=O) groups is 2. The Morgan fingerprint density at radius 2 is 1.85 bits per heavy atom. The number of ketones is 1. The van der Waals surface area contributed by atoms with Crippen molar-refractivity contribution >= 4 is 23.1 Å². The van der Waals surface area contributed by atoms with E-state index < -0.39 is 6.17 Å². The van der Waals surface area contributed by atoms with E-state index in [9.17, 15) is 9.59 Å². The molecule has 0 aliphatic carbocycles. The molecule has 3 aromatic rings. The smallest absolute Gasteiger partial charge is 0.262 e. The van der Waals surface area contributed by atoms with Gasteiger partial charge in [0.1, 0.15) is 0 Å². The predicted molar refractivity (Wildman–Crippen MR) is 105 cm³/mol. The Kier molecular flexibility index (Phi) is 4.20. The molecule has 2 heterocycles. The van der Waals surface area contributed by atoms with Gasteiger partial charge in [0.25, 0.3) is 5.91 Å². The highest BCUT2D eigenvalue weighted by atomic mass is 16.2. The molecule has 0 saturated carbocycles. The highest BCUT2D eigenvalue weighted by Crippen LogP contribution is 2.37. The monoisotopic (exact) mass is 357 g/mol. The first-order valence-corrected chi connectivity index (χ1v) is 8.77. The number of hydrogen-bond acceptors (Lipinski definition) is 4. The lowest BCUT2D eigenvalue weighted by Gasteiger charge is -2.26. The third kappa shape index (κ3) is 3.08. The molecule has 1 aliphatic rings. The van der Waals surface area contributed by atoms with Crippen LogP contribution in [-0.4, -0.2) is 16.7 Å². The Balaban J connectivity index is 1.77. The van der Waals surface area contributed by atoms with Gasteiger partial charge >= 0.3 is 0 Å². The minimum atomic E-state index is -0.446. The zero-order chi connectivity index (χ0) is 19.0. The lowest BCUT2D eigenvalue weighted by Crippen LogP contribution is -2.32. The predicted octanol–water partition coefficient (Wildman–Crippen LogP) is 4.36. The van der Waals surface area contributed by atoms with Gasteiger partial charge in [-0.15, -0.1) is 0 Å². The van der Waals surface area contributed by atoms with Crippen LogP contribution in [0.5, 0.6) is 0 Å². The molecular weight excluding hydrogens is 338 g/mol. The van der Waals surface area contributed by atoms with Gasteiger partial charge in [-0.2, -0.15) is 0 Å². The number of carbonyl (C=O) groups excluding carboxylic acids is 2. The zero-order valence-corrected chi connectivity index (χ0v) is 15.1. The van der Waals surface area contributed by atoms with Crippen molar-refractivity contribution in [1.29, 1.82) is 0 Å². The normalized spacial score (nSPS) is 15.6. The van der Waals surface area contributed by atoms with Gasteiger partial charge in [0.15, 0.2) is 11.9 Å². The molecule has 1 atom stereocenters. The number of hydrogen-bond donors (Lipinski definition) is 1. The molecule has 0 spiro atoms. The van der Waals surface area contributed by atoms with Crippen molar-refractivity contribution < 1.29 is 9.59 Å². The van der Waals surface area contributed by atoms with Crippen LogP contribution in [-0.2, 0) is 0 Å². The molecule has 1 aromatic heterocycles. The third-order valence-electron chi connectivity index (χ3n) is 4.69. The van der Waals surface area contributed by atoms with E-state index in [4.69, 9.17) is 0 Å². The van der Waals surface area contributed by atoms with Gasteiger partial charge in [0.2, 0.25) is 0 Å². The van der Waals surface area contributed by atoms with Crippen molar-refractivity contribution in [2.45, 2.75) is 20.0 Å². The van der Waals surface area contributed by atoms with Crippen molar-refractivity contribution in [3.05, 3.63) is 89.2 Å². The Hall–Kier alpha value is -3.47. The van der Waals surface area contributed by atoms with Gasteiger partial charge in [-0.25, -0.2) is 0 Å². The molecule has 134 valence electrons. The van der Waals surface area contributed by atoms with Crippen LogP contribution in [0.1, 0.15) is 45.1 Å². The van der Waals surface area contributed by atoms with Crippen LogP contribution < -0.4 is 10.2 Å². The first-order chi connectivity index (χ1) is 13.0. The number of aryl methyl sites for hydroxylation is 1. The number of nitrogens with one attached hydrogen (secondary N) is 1. The maximum atomic E-state index is 13.0. The van der Waals surface area contributed by atoms with Crippen LogP contribution in [0.15, 0.2) is 66.9 Å². The van der Waals surface area contributed by atoms with Crippen LogP contribution in [0, 0.1) is 6.92 Å². The molecule has 0 radical (unpaired) electrons. The van der Waals surface area contributed by atoms with Gasteiger partial charge in [0.05, 0.1) is 11.3 Å². The lowest BCUT2D eigenvalue weighted by molar-refractivity contribution is 0.0989. The third-order valence-corrected chi connectivity index (χ3v) is 4.69. The highest BCUT2D eigenvalue weighted by molar-refractivity contribution is 6.11. The van der Waals surface area contributed by atoms with E-state index >= 15 is 0 Å². The summed E-state index contributed by atoms with van der Waals surface area (Å²) in [6.45, 7) is 3.54. The van der Waals surface area contributed by atoms with Crippen LogP contribution >= 0.6 is 0 Å². The number of aromatic nitrogens is 1. The molecule has 1 N–H and O–H groups in total. The average Bonchev–Trinajstić information content (AvgIpc) is 2.95. The van der Waals surface area contributed by atoms with Crippen molar-refractivity contribution in [1.82, 2.24) is 4.98 Å². The standard InChI is InChI=1S/C22H19N3O2/c1-14-8-10-18(11-9-14)25-21(20-19(22(25)27)7-4-12-23-20)24-17-6-3-5-16(13-17)15(2)26/h3-13,21,24H,1-2H3/t21-/m0/s1. The second-order valence-electron chi connectivity index (χ2n) is 6.63. The fourth-order valence-electron chi connectivity index (χ4n) is 3.28. The lowest BCUT2D eigenvalue weighted by atomic mass is 10.1. The molecule has 4 rings (SSSR count). The van der Waals surface area contributed by atoms with Crippen LogP contribution in [0.25, 0.3) is 0 Å². The van der Waals surface area contributed by atoms with Gasteiger partial charge in [-0.1, -0.05) is 29.8 Å². The number of pyridine rings is 1. The van der Waals surface area contributed by atoms with Gasteiger partial charge in [-0.3, -0.25) is 19.5 Å². The molecule has 5 heteroatoms. The van der Waals surface area contributed by atoms with Crippen molar-refractivity contribution in [3.63, 3.8) is 0 Å². The Labute approximate surface area is 157 Å². The number of Topliss-reactive ketones (excluding diaryl/α,β-unsaturated/α-hetero) is 1. The van der Waals surface area contributed by atoms with Crippen LogP contribution in [0.4, 0.5) is 11.4 Å². The van der Waals surface area contributed by atoms with Crippen molar-refractivity contribution in [3.8, 4) is 0 Å². The van der Waals surface area contributed by atoms with Gasteiger partial charge < -0.3 is 5.32 Å². The second-order valence-corrected chi connectivity index (χ2v) is 6.63. The fraction of sp³-hybridized carbons (Fsp3) is 0.136. The average molecular weight is 357 g/mol. The van der Waals surface area contributed by atoms with E-state index in [1.165, 1.54) is 6.92 Å². The van der Waals surface area contributed by atoms with E-state index in [2.05, 4.69) is 10.3 Å². The first-order valence-electron chi connectivity index (χ1n) is 8.77. The molecule has 27 heavy (non-hydrogen) atoms. The summed E-state index contributed by atoms with van der Waals surface area (Å²) in [5.74, 6) is -0.0998. The van der Waals surface area contributed by atoms with E-state index in [0.29, 0.717) is 16.8 Å². The maximum absolute atomic E-state index is 13.0. The number of benzene rings is 2. The van der Waals surface area contributed by atoms with Crippen LogP contribution in [0.3, 0.4) is 0 Å². The summed E-state index contributed by atoms with van der Waals surface area (Å²) < 4.78 is 0. The van der Waals surface area contributed by atoms with E-state index in [0.717, 1.165) is 16.9 Å². The SMILES string of the molecule is CC(=O)c1cccc(N[C@@H]2c3ncccc3C(=O)N2c2ccc(C)cc2)c1. The minimum absolute atomic E-state index is 0.00457. The van der Waals surface area contributed by atoms with Gasteiger partial charge in [0, 0.05) is 23.1 Å². The minimum Gasteiger partial charge on any atom is -0.360 e. The number of rotatable bonds is 4. The molecule has 1 aliphatic heterocycles. The van der Waals surface area contributed by atoms with Crippen molar-refractivity contribution in [2.75, 3.05) is 10.2 Å². The number of fused-ring (bicyclic) bond motifs is 1. The van der Waals surface area contributed by atoms with E-state index in [-0.39, 0.29) is 11.7 Å². The molecule has 2 aromatic carbocycles. The van der Waals surface area contributed by atoms with Gasteiger partial charge in [-0.05, 0) is 50.2 Å². The van der Waals surface area contributed by atoms with Crippen molar-refractivity contribution in [2.24, 2.45) is 0 Å². The Morgan fingerprint density at radius 1 is 1.07 bits per heavy atom. The summed E-state index contributed by atoms with van der Waals surface area (Å²) in [6.07, 6.45) is 1.24. The Morgan fingerprint density at radius 3 is 2.59 bits per heavy atom. The summed E-state index contributed by atoms with van der Waals surface area (Å²) in [6, 6.07) is 18.6. The van der Waals surface area contributed by atoms with Crippen LogP contribution in [0.2, 0.25) is 0 Å². The molecule has 0 fully saturated rings. The molecule has 0 unspecified atom stereocenters. The number of anilines is 2. The maximum Gasteiger partial charge on any atom is 0.262 e. The largest absolute Gasteiger partial charge is 0.360 e. The quantitative estimate of drug-likeness (QED) is 0.705. The molecular formula is C22H19N3O2. The highest BCUT2D eigenvalue weighted by Gasteiger charge is 2.38.